The summed E-state index contributed by atoms with van der Waals surface area (Å²) >= 11 is 0. The lowest BCUT2D eigenvalue weighted by molar-refractivity contribution is -0.121. The predicted octanol–water partition coefficient (Wildman–Crippen LogP) is 5.90. The van der Waals surface area contributed by atoms with Crippen molar-refractivity contribution in [2.75, 3.05) is 5.32 Å². The molecule has 0 saturated heterocycles. The van der Waals surface area contributed by atoms with Crippen LogP contribution in [0.1, 0.15) is 67.3 Å². The van der Waals surface area contributed by atoms with Crippen LogP contribution in [0.3, 0.4) is 0 Å². The average Bonchev–Trinajstić information content (AvgIpc) is 2.74. The van der Waals surface area contributed by atoms with Crippen molar-refractivity contribution in [1.29, 1.82) is 0 Å². The lowest BCUT2D eigenvalue weighted by Gasteiger charge is -2.32. The van der Waals surface area contributed by atoms with E-state index in [1.165, 1.54) is 22.4 Å². The van der Waals surface area contributed by atoms with Gasteiger partial charge in [-0.05, 0) is 86.6 Å². The number of rotatable bonds is 4. The summed E-state index contributed by atoms with van der Waals surface area (Å²) in [4.78, 5) is 17.4. The maximum absolute atomic E-state index is 12.7. The molecule has 1 fully saturated rings. The zero-order valence-electron chi connectivity index (χ0n) is 16.9. The zero-order valence-corrected chi connectivity index (χ0v) is 16.9. The van der Waals surface area contributed by atoms with Crippen LogP contribution < -0.4 is 5.32 Å². The number of benzene rings is 1. The van der Waals surface area contributed by atoms with Gasteiger partial charge < -0.3 is 5.32 Å². The Labute approximate surface area is 168 Å². The third-order valence-corrected chi connectivity index (χ3v) is 6.55. The van der Waals surface area contributed by atoms with E-state index in [9.17, 15) is 4.79 Å². The average molecular weight is 375 g/mol. The molecule has 1 aromatic heterocycles. The second-order valence-corrected chi connectivity index (χ2v) is 8.50. The molecule has 2 aromatic rings. The number of nitrogens with zero attached hydrogens (tertiary/aromatic N) is 1. The topological polar surface area (TPSA) is 42.0 Å². The molecule has 1 atom stereocenters. The van der Waals surface area contributed by atoms with E-state index in [0.29, 0.717) is 11.8 Å². The number of aromatic nitrogens is 1. The first kappa shape index (κ1) is 18.9. The number of nitrogens with one attached hydrogen (secondary N) is 1. The van der Waals surface area contributed by atoms with Crippen LogP contribution >= 0.6 is 0 Å². The summed E-state index contributed by atoms with van der Waals surface area (Å²) in [6.45, 7) is 4.14. The summed E-state index contributed by atoms with van der Waals surface area (Å²) in [6.07, 6.45) is 13.3. The molecule has 0 bridgehead atoms. The number of carbonyl (C=O) groups is 1. The number of hydrogen-bond acceptors (Lipinski definition) is 2. The Bertz CT molecular complexity index is 861. The zero-order chi connectivity index (χ0) is 19.5. The smallest absolute Gasteiger partial charge is 0.227 e. The van der Waals surface area contributed by atoms with Crippen molar-refractivity contribution in [2.45, 2.75) is 58.3 Å². The number of carbonyl (C=O) groups excluding carboxylic acids is 1. The lowest BCUT2D eigenvalue weighted by Crippen LogP contribution is -2.29. The molecule has 0 radical (unpaired) electrons. The van der Waals surface area contributed by atoms with Gasteiger partial charge in [-0.2, -0.15) is 0 Å². The van der Waals surface area contributed by atoms with Gasteiger partial charge in [-0.1, -0.05) is 36.8 Å². The van der Waals surface area contributed by atoms with E-state index < -0.39 is 0 Å². The van der Waals surface area contributed by atoms with Gasteiger partial charge in [-0.25, -0.2) is 0 Å². The highest BCUT2D eigenvalue weighted by molar-refractivity contribution is 5.92. The fourth-order valence-corrected chi connectivity index (χ4v) is 4.59. The van der Waals surface area contributed by atoms with Crippen molar-refractivity contribution in [3.8, 4) is 0 Å². The van der Waals surface area contributed by atoms with Gasteiger partial charge in [0.05, 0.1) is 0 Å². The highest BCUT2D eigenvalue weighted by atomic mass is 16.1. The molecule has 1 heterocycles. The van der Waals surface area contributed by atoms with Crippen LogP contribution in [0.25, 0.3) is 6.08 Å². The highest BCUT2D eigenvalue weighted by Crippen LogP contribution is 2.39. The first-order valence-corrected chi connectivity index (χ1v) is 10.6. The molecule has 0 aliphatic heterocycles. The minimum absolute atomic E-state index is 0.0480. The van der Waals surface area contributed by atoms with Crippen molar-refractivity contribution < 1.29 is 4.79 Å². The molecule has 1 saturated carbocycles. The normalized spacial score (nSPS) is 22.4. The van der Waals surface area contributed by atoms with Crippen molar-refractivity contribution in [2.24, 2.45) is 11.8 Å². The van der Waals surface area contributed by atoms with Crippen LogP contribution in [-0.2, 0) is 11.2 Å². The van der Waals surface area contributed by atoms with E-state index in [4.69, 9.17) is 4.98 Å². The number of allylic oxidation sites excluding steroid dienone is 1. The van der Waals surface area contributed by atoms with Crippen LogP contribution in [0.2, 0.25) is 0 Å². The number of amides is 1. The largest absolute Gasteiger partial charge is 0.326 e. The Balaban J connectivity index is 1.34. The number of pyridine rings is 1. The predicted molar refractivity (Wildman–Crippen MR) is 115 cm³/mol. The first-order chi connectivity index (χ1) is 13.6. The molecule has 146 valence electrons. The van der Waals surface area contributed by atoms with E-state index in [0.717, 1.165) is 44.2 Å². The number of hydrogen-bond donors (Lipinski definition) is 1. The number of aryl methyl sites for hydroxylation is 2. The van der Waals surface area contributed by atoms with Gasteiger partial charge in [0.2, 0.25) is 5.91 Å². The van der Waals surface area contributed by atoms with Crippen LogP contribution in [0.5, 0.6) is 0 Å². The van der Waals surface area contributed by atoms with Crippen molar-refractivity contribution in [3.63, 3.8) is 0 Å². The minimum atomic E-state index is 0.0480. The van der Waals surface area contributed by atoms with Gasteiger partial charge in [0.25, 0.3) is 0 Å². The van der Waals surface area contributed by atoms with E-state index in [-0.39, 0.29) is 11.8 Å². The molecule has 3 heteroatoms. The standard InChI is InChI=1S/C25H30N2O/c1-17-7-13-23(14-8-17)27-25(28)18(2)19-9-11-20(12-10-19)22-15-21-5-3-4-6-24(21)26-16-22/h3,5,7-8,13-16,18-20H,4,6,9-12H2,1-2H3,(H,27,28). The fourth-order valence-electron chi connectivity index (χ4n) is 4.59. The minimum Gasteiger partial charge on any atom is -0.326 e. The summed E-state index contributed by atoms with van der Waals surface area (Å²) in [5.41, 5.74) is 6.01. The van der Waals surface area contributed by atoms with E-state index in [1.807, 2.05) is 24.3 Å². The second-order valence-electron chi connectivity index (χ2n) is 8.50. The third kappa shape index (κ3) is 4.19. The summed E-state index contributed by atoms with van der Waals surface area (Å²) in [5, 5.41) is 3.09. The molecule has 4 rings (SSSR count). The van der Waals surface area contributed by atoms with Crippen LogP contribution in [0, 0.1) is 18.8 Å². The van der Waals surface area contributed by atoms with Gasteiger partial charge in [-0.3, -0.25) is 9.78 Å². The van der Waals surface area contributed by atoms with Crippen molar-refractivity contribution in [1.82, 2.24) is 4.98 Å². The molecule has 3 nitrogen and oxygen atoms in total. The Morgan fingerprint density at radius 1 is 1.14 bits per heavy atom. The Hall–Kier alpha value is -2.42. The van der Waals surface area contributed by atoms with Gasteiger partial charge in [0.1, 0.15) is 0 Å². The summed E-state index contributed by atoms with van der Waals surface area (Å²) in [5.74, 6) is 1.24. The van der Waals surface area contributed by atoms with E-state index in [1.54, 1.807) is 0 Å². The second kappa shape index (κ2) is 8.30. The Morgan fingerprint density at radius 2 is 1.89 bits per heavy atom. The van der Waals surface area contributed by atoms with Crippen molar-refractivity contribution in [3.05, 3.63) is 65.0 Å². The number of anilines is 1. The third-order valence-electron chi connectivity index (χ3n) is 6.55. The van der Waals surface area contributed by atoms with Crippen LogP contribution in [0.4, 0.5) is 5.69 Å². The maximum Gasteiger partial charge on any atom is 0.227 e. The molecule has 1 amide bonds. The first-order valence-electron chi connectivity index (χ1n) is 10.6. The molecule has 28 heavy (non-hydrogen) atoms. The Morgan fingerprint density at radius 3 is 2.64 bits per heavy atom. The molecule has 1 unspecified atom stereocenters. The maximum atomic E-state index is 12.7. The molecular formula is C25H30N2O. The fraction of sp³-hybridized carbons (Fsp3) is 0.440. The lowest BCUT2D eigenvalue weighted by atomic mass is 9.74. The highest BCUT2D eigenvalue weighted by Gasteiger charge is 2.30. The van der Waals surface area contributed by atoms with E-state index >= 15 is 0 Å². The van der Waals surface area contributed by atoms with Gasteiger partial charge in [0.15, 0.2) is 0 Å². The number of fused-ring (bicyclic) bond motifs is 1. The van der Waals surface area contributed by atoms with Crippen LogP contribution in [-0.4, -0.2) is 10.9 Å². The van der Waals surface area contributed by atoms with Crippen LogP contribution in [0.15, 0.2) is 42.6 Å². The molecule has 2 aliphatic rings. The molecule has 0 spiro atoms. The molecule has 1 N–H and O–H groups in total. The molecule has 2 aliphatic carbocycles. The van der Waals surface area contributed by atoms with Gasteiger partial charge in [-0.15, -0.1) is 0 Å². The summed E-state index contributed by atoms with van der Waals surface area (Å²) in [7, 11) is 0. The SMILES string of the molecule is Cc1ccc(NC(=O)C(C)C2CCC(c3cnc4c(c3)C=CCC4)CC2)cc1. The quantitative estimate of drug-likeness (QED) is 0.724. The van der Waals surface area contributed by atoms with Gasteiger partial charge >= 0.3 is 0 Å². The molecule has 1 aromatic carbocycles. The van der Waals surface area contributed by atoms with E-state index in [2.05, 4.69) is 43.6 Å². The molecular weight excluding hydrogens is 344 g/mol. The Kier molecular flexibility index (Phi) is 5.61. The van der Waals surface area contributed by atoms with Crippen molar-refractivity contribution >= 4 is 17.7 Å². The summed E-state index contributed by atoms with van der Waals surface area (Å²) in [6, 6.07) is 10.4. The monoisotopic (exact) mass is 374 g/mol. The summed E-state index contributed by atoms with van der Waals surface area (Å²) < 4.78 is 0. The van der Waals surface area contributed by atoms with Gasteiger partial charge in [0, 0.05) is 23.5 Å².